The first kappa shape index (κ1) is 16.9. The van der Waals surface area contributed by atoms with Gasteiger partial charge in [0.25, 0.3) is 0 Å². The number of fused-ring (bicyclic) bond motifs is 1. The molecule has 0 bridgehead atoms. The highest BCUT2D eigenvalue weighted by Crippen LogP contribution is 2.31. The molecule has 124 valence electrons. The van der Waals surface area contributed by atoms with Gasteiger partial charge in [-0.3, -0.25) is 0 Å². The lowest BCUT2D eigenvalue weighted by Crippen LogP contribution is -2.09. The summed E-state index contributed by atoms with van der Waals surface area (Å²) in [4.78, 5) is 11.5. The fourth-order valence-electron chi connectivity index (χ4n) is 2.30. The van der Waals surface area contributed by atoms with E-state index in [-0.39, 0.29) is 0 Å². The largest absolute Gasteiger partial charge is 0.490 e. The summed E-state index contributed by atoms with van der Waals surface area (Å²) < 4.78 is 17.4. The molecular formula is C18H14BrClO4. The molecule has 3 rings (SSSR count). The Balaban J connectivity index is 1.69. The molecule has 0 radical (unpaired) electrons. The number of halogens is 2. The van der Waals surface area contributed by atoms with Gasteiger partial charge in [0.1, 0.15) is 30.3 Å². The zero-order chi connectivity index (χ0) is 17.1. The lowest BCUT2D eigenvalue weighted by atomic mass is 10.1. The van der Waals surface area contributed by atoms with Crippen LogP contribution in [0.5, 0.6) is 11.5 Å². The number of ether oxygens (including phenoxy) is 2. The van der Waals surface area contributed by atoms with Crippen molar-refractivity contribution in [3.63, 3.8) is 0 Å². The van der Waals surface area contributed by atoms with Crippen molar-refractivity contribution < 1.29 is 13.9 Å². The van der Waals surface area contributed by atoms with Crippen molar-refractivity contribution in [3.8, 4) is 11.5 Å². The summed E-state index contributed by atoms with van der Waals surface area (Å²) >= 11 is 9.63. The third-order valence-electron chi connectivity index (χ3n) is 3.41. The lowest BCUT2D eigenvalue weighted by molar-refractivity contribution is 0.217. The van der Waals surface area contributed by atoms with Crippen LogP contribution in [0.15, 0.2) is 56.1 Å². The molecule has 4 nitrogen and oxygen atoms in total. The second-order valence-corrected chi connectivity index (χ2v) is 6.50. The number of hydrogen-bond acceptors (Lipinski definition) is 4. The molecule has 0 amide bonds. The quantitative estimate of drug-likeness (QED) is 0.441. The number of rotatable bonds is 5. The molecule has 0 N–H and O–H groups in total. The van der Waals surface area contributed by atoms with Crippen molar-refractivity contribution in [2.75, 3.05) is 13.2 Å². The maximum absolute atomic E-state index is 11.5. The number of benzene rings is 2. The molecule has 1 heterocycles. The lowest BCUT2D eigenvalue weighted by Gasteiger charge is -2.11. The van der Waals surface area contributed by atoms with Gasteiger partial charge in [0.2, 0.25) is 0 Å². The maximum Gasteiger partial charge on any atom is 0.336 e. The van der Waals surface area contributed by atoms with Gasteiger partial charge in [-0.1, -0.05) is 33.6 Å². The van der Waals surface area contributed by atoms with Gasteiger partial charge in [-0.15, -0.1) is 0 Å². The molecule has 0 aliphatic heterocycles. The predicted octanol–water partition coefficient (Wildman–Crippen LogP) is 4.98. The zero-order valence-electron chi connectivity index (χ0n) is 12.8. The van der Waals surface area contributed by atoms with E-state index in [4.69, 9.17) is 25.5 Å². The van der Waals surface area contributed by atoms with E-state index in [1.165, 1.54) is 6.07 Å². The molecule has 24 heavy (non-hydrogen) atoms. The Morgan fingerprint density at radius 3 is 2.71 bits per heavy atom. The number of hydrogen-bond donors (Lipinski definition) is 0. The highest BCUT2D eigenvalue weighted by atomic mass is 79.9. The van der Waals surface area contributed by atoms with E-state index in [0.29, 0.717) is 29.6 Å². The molecule has 0 spiro atoms. The molecule has 0 aliphatic rings. The van der Waals surface area contributed by atoms with Crippen LogP contribution in [-0.2, 0) is 0 Å². The van der Waals surface area contributed by atoms with Gasteiger partial charge in [0.15, 0.2) is 0 Å². The Morgan fingerprint density at radius 2 is 1.92 bits per heavy atom. The molecule has 2 aromatic carbocycles. The van der Waals surface area contributed by atoms with Gasteiger partial charge in [-0.25, -0.2) is 4.79 Å². The van der Waals surface area contributed by atoms with Crippen LogP contribution in [0.2, 0.25) is 5.02 Å². The first-order chi connectivity index (χ1) is 11.5. The normalized spacial score (nSPS) is 10.8. The average molecular weight is 410 g/mol. The summed E-state index contributed by atoms with van der Waals surface area (Å²) in [5, 5.41) is 1.25. The van der Waals surface area contributed by atoms with Crippen LogP contribution < -0.4 is 15.1 Å². The molecule has 6 heteroatoms. The van der Waals surface area contributed by atoms with Crippen molar-refractivity contribution >= 4 is 38.5 Å². The van der Waals surface area contributed by atoms with Crippen molar-refractivity contribution in [1.82, 2.24) is 0 Å². The first-order valence-corrected chi connectivity index (χ1v) is 8.45. The van der Waals surface area contributed by atoms with Gasteiger partial charge < -0.3 is 13.9 Å². The SMILES string of the molecule is Cc1cc(=O)oc2cc(OCCOc3cccc(Br)c3)c(Cl)cc12. The molecular weight excluding hydrogens is 396 g/mol. The van der Waals surface area contributed by atoms with Crippen LogP contribution in [0.4, 0.5) is 0 Å². The standard InChI is InChI=1S/C18H14BrClO4/c1-11-7-18(21)24-16-10-17(15(20)9-14(11)16)23-6-5-22-13-4-2-3-12(19)8-13/h2-4,7-10H,5-6H2,1H3. The van der Waals surface area contributed by atoms with Crippen LogP contribution in [0.3, 0.4) is 0 Å². The Morgan fingerprint density at radius 1 is 1.12 bits per heavy atom. The third-order valence-corrected chi connectivity index (χ3v) is 4.20. The molecule has 0 atom stereocenters. The van der Waals surface area contributed by atoms with Gasteiger partial charge in [0.05, 0.1) is 5.02 Å². The highest BCUT2D eigenvalue weighted by molar-refractivity contribution is 9.10. The van der Waals surface area contributed by atoms with Crippen LogP contribution in [0.1, 0.15) is 5.56 Å². The summed E-state index contributed by atoms with van der Waals surface area (Å²) in [6.45, 7) is 2.51. The van der Waals surface area contributed by atoms with E-state index < -0.39 is 5.63 Å². The topological polar surface area (TPSA) is 48.7 Å². The third kappa shape index (κ3) is 3.91. The average Bonchev–Trinajstić information content (AvgIpc) is 2.53. The smallest absolute Gasteiger partial charge is 0.336 e. The van der Waals surface area contributed by atoms with Gasteiger partial charge in [-0.2, -0.15) is 0 Å². The van der Waals surface area contributed by atoms with Crippen molar-refractivity contribution in [2.45, 2.75) is 6.92 Å². The minimum absolute atomic E-state index is 0.313. The first-order valence-electron chi connectivity index (χ1n) is 7.28. The van der Waals surface area contributed by atoms with Crippen LogP contribution in [0, 0.1) is 6.92 Å². The maximum atomic E-state index is 11.5. The van der Waals surface area contributed by atoms with Gasteiger partial charge in [0, 0.05) is 22.0 Å². The Kier molecular flexibility index (Phi) is 5.11. The molecule has 0 aliphatic carbocycles. The molecule has 3 aromatic rings. The van der Waals surface area contributed by atoms with E-state index in [2.05, 4.69) is 15.9 Å². The summed E-state index contributed by atoms with van der Waals surface area (Å²) in [5.74, 6) is 1.20. The van der Waals surface area contributed by atoms with Gasteiger partial charge >= 0.3 is 5.63 Å². The number of aryl methyl sites for hydroxylation is 1. The van der Waals surface area contributed by atoms with E-state index in [1.54, 1.807) is 12.1 Å². The van der Waals surface area contributed by atoms with Crippen molar-refractivity contribution in [2.24, 2.45) is 0 Å². The van der Waals surface area contributed by atoms with E-state index in [1.807, 2.05) is 31.2 Å². The van der Waals surface area contributed by atoms with Crippen LogP contribution in [0.25, 0.3) is 11.0 Å². The minimum atomic E-state index is -0.397. The highest BCUT2D eigenvalue weighted by Gasteiger charge is 2.09. The molecule has 1 aromatic heterocycles. The minimum Gasteiger partial charge on any atom is -0.490 e. The monoisotopic (exact) mass is 408 g/mol. The zero-order valence-corrected chi connectivity index (χ0v) is 15.2. The fraction of sp³-hybridized carbons (Fsp3) is 0.167. The Labute approximate surface area is 152 Å². The second-order valence-electron chi connectivity index (χ2n) is 5.18. The summed E-state index contributed by atoms with van der Waals surface area (Å²) in [6, 6.07) is 12.4. The van der Waals surface area contributed by atoms with Crippen LogP contribution in [-0.4, -0.2) is 13.2 Å². The molecule has 0 fully saturated rings. The van der Waals surface area contributed by atoms with Gasteiger partial charge in [-0.05, 0) is 36.8 Å². The van der Waals surface area contributed by atoms with E-state index in [9.17, 15) is 4.79 Å². The summed E-state index contributed by atoms with van der Waals surface area (Å²) in [6.07, 6.45) is 0. The van der Waals surface area contributed by atoms with Crippen LogP contribution >= 0.6 is 27.5 Å². The Hall–Kier alpha value is -1.98. The molecule has 0 saturated carbocycles. The fourth-order valence-corrected chi connectivity index (χ4v) is 2.89. The Bertz CT molecular complexity index is 936. The molecule has 0 unspecified atom stereocenters. The van der Waals surface area contributed by atoms with E-state index >= 15 is 0 Å². The van der Waals surface area contributed by atoms with Crippen molar-refractivity contribution in [1.29, 1.82) is 0 Å². The summed E-state index contributed by atoms with van der Waals surface area (Å²) in [7, 11) is 0. The van der Waals surface area contributed by atoms with E-state index in [0.717, 1.165) is 21.2 Å². The second kappa shape index (κ2) is 7.28. The predicted molar refractivity (Wildman–Crippen MR) is 97.4 cm³/mol. The molecule has 0 saturated heterocycles. The van der Waals surface area contributed by atoms with Crippen molar-refractivity contribution in [3.05, 3.63) is 67.9 Å². The summed E-state index contributed by atoms with van der Waals surface area (Å²) in [5.41, 5.74) is 0.867.